The van der Waals surface area contributed by atoms with Gasteiger partial charge in [-0.3, -0.25) is 0 Å². The Kier molecular flexibility index (Phi) is 3.95. The molecule has 0 aliphatic heterocycles. The molecule has 2 rings (SSSR count). The van der Waals surface area contributed by atoms with E-state index in [0.29, 0.717) is 0 Å². The van der Waals surface area contributed by atoms with Gasteiger partial charge in [0.05, 0.1) is 7.11 Å². The standard InChI is InChI=1S/C16H20N2O/c1-12-10-13(4-9-16(12)19-3)11-18(2)15-7-5-14(17)6-8-15/h4-10H,11,17H2,1-3H3. The van der Waals surface area contributed by atoms with Crippen LogP contribution in [-0.4, -0.2) is 14.2 Å². The largest absolute Gasteiger partial charge is 0.496 e. The van der Waals surface area contributed by atoms with Crippen molar-refractivity contribution in [3.05, 3.63) is 53.6 Å². The Hall–Kier alpha value is -2.16. The van der Waals surface area contributed by atoms with Crippen LogP contribution in [0.25, 0.3) is 0 Å². The number of nitrogens with two attached hydrogens (primary N) is 1. The Morgan fingerprint density at radius 3 is 2.37 bits per heavy atom. The summed E-state index contributed by atoms with van der Waals surface area (Å²) in [6.07, 6.45) is 0. The topological polar surface area (TPSA) is 38.5 Å². The fraction of sp³-hybridized carbons (Fsp3) is 0.250. The highest BCUT2D eigenvalue weighted by molar-refractivity contribution is 5.53. The quantitative estimate of drug-likeness (QED) is 0.854. The van der Waals surface area contributed by atoms with Crippen LogP contribution in [0.5, 0.6) is 5.75 Å². The minimum Gasteiger partial charge on any atom is -0.496 e. The first-order valence-corrected chi connectivity index (χ1v) is 6.30. The smallest absolute Gasteiger partial charge is 0.121 e. The van der Waals surface area contributed by atoms with Crippen LogP contribution in [0.3, 0.4) is 0 Å². The van der Waals surface area contributed by atoms with E-state index in [1.54, 1.807) is 7.11 Å². The van der Waals surface area contributed by atoms with Gasteiger partial charge in [0, 0.05) is 25.0 Å². The Morgan fingerprint density at radius 2 is 1.79 bits per heavy atom. The summed E-state index contributed by atoms with van der Waals surface area (Å²) in [6.45, 7) is 2.92. The molecule has 2 N–H and O–H groups in total. The Morgan fingerprint density at radius 1 is 1.11 bits per heavy atom. The summed E-state index contributed by atoms with van der Waals surface area (Å²) in [7, 11) is 3.77. The molecule has 0 atom stereocenters. The first-order chi connectivity index (χ1) is 9.10. The number of ether oxygens (including phenoxy) is 1. The summed E-state index contributed by atoms with van der Waals surface area (Å²) < 4.78 is 5.28. The molecule has 3 heteroatoms. The van der Waals surface area contributed by atoms with Crippen LogP contribution >= 0.6 is 0 Å². The van der Waals surface area contributed by atoms with Gasteiger partial charge in [-0.15, -0.1) is 0 Å². The third-order valence-corrected chi connectivity index (χ3v) is 3.21. The summed E-state index contributed by atoms with van der Waals surface area (Å²) in [6, 6.07) is 14.2. The van der Waals surface area contributed by atoms with Crippen LogP contribution in [-0.2, 0) is 6.54 Å². The van der Waals surface area contributed by atoms with Gasteiger partial charge in [0.25, 0.3) is 0 Å². The lowest BCUT2D eigenvalue weighted by molar-refractivity contribution is 0.411. The number of hydrogen-bond donors (Lipinski definition) is 1. The Balaban J connectivity index is 2.12. The van der Waals surface area contributed by atoms with E-state index in [9.17, 15) is 0 Å². The second-order valence-electron chi connectivity index (χ2n) is 4.75. The predicted octanol–water partition coefficient (Wildman–Crippen LogP) is 3.22. The number of nitrogens with zero attached hydrogens (tertiary/aromatic N) is 1. The van der Waals surface area contributed by atoms with Gasteiger partial charge >= 0.3 is 0 Å². The fourth-order valence-corrected chi connectivity index (χ4v) is 2.13. The molecule has 0 unspecified atom stereocenters. The van der Waals surface area contributed by atoms with Crippen LogP contribution in [0.4, 0.5) is 11.4 Å². The molecule has 2 aromatic rings. The third kappa shape index (κ3) is 3.19. The van der Waals surface area contributed by atoms with E-state index in [2.05, 4.69) is 31.0 Å². The zero-order valence-electron chi connectivity index (χ0n) is 11.7. The fourth-order valence-electron chi connectivity index (χ4n) is 2.13. The Labute approximate surface area is 114 Å². The van der Waals surface area contributed by atoms with Gasteiger partial charge in [-0.1, -0.05) is 12.1 Å². The summed E-state index contributed by atoms with van der Waals surface area (Å²) in [5.74, 6) is 0.930. The van der Waals surface area contributed by atoms with Crippen molar-refractivity contribution >= 4 is 11.4 Å². The maximum Gasteiger partial charge on any atom is 0.121 e. The molecule has 0 saturated heterocycles. The van der Waals surface area contributed by atoms with Crippen LogP contribution in [0.1, 0.15) is 11.1 Å². The van der Waals surface area contributed by atoms with Crippen molar-refractivity contribution in [1.82, 2.24) is 0 Å². The predicted molar refractivity (Wildman–Crippen MR) is 80.7 cm³/mol. The molecule has 2 aromatic carbocycles. The number of anilines is 2. The molecule has 0 aliphatic carbocycles. The SMILES string of the molecule is COc1ccc(CN(C)c2ccc(N)cc2)cc1C. The first kappa shape index (κ1) is 13.3. The maximum absolute atomic E-state index is 5.70. The number of aryl methyl sites for hydroxylation is 1. The minimum atomic E-state index is 0.789. The summed E-state index contributed by atoms with van der Waals surface area (Å²) in [5, 5.41) is 0. The van der Waals surface area contributed by atoms with Crippen molar-refractivity contribution in [3.8, 4) is 5.75 Å². The molecule has 0 spiro atoms. The lowest BCUT2D eigenvalue weighted by Gasteiger charge is -2.20. The Bertz CT molecular complexity index is 549. The van der Waals surface area contributed by atoms with Crippen molar-refractivity contribution in [2.24, 2.45) is 0 Å². The van der Waals surface area contributed by atoms with Crippen LogP contribution in [0, 0.1) is 6.92 Å². The van der Waals surface area contributed by atoms with E-state index in [1.807, 2.05) is 30.3 Å². The van der Waals surface area contributed by atoms with Crippen LogP contribution in [0.2, 0.25) is 0 Å². The zero-order valence-corrected chi connectivity index (χ0v) is 11.7. The molecular formula is C16H20N2O. The van der Waals surface area contributed by atoms with Crippen LogP contribution in [0.15, 0.2) is 42.5 Å². The molecule has 0 saturated carbocycles. The zero-order chi connectivity index (χ0) is 13.8. The highest BCUT2D eigenvalue weighted by Gasteiger charge is 2.04. The average molecular weight is 256 g/mol. The molecular weight excluding hydrogens is 236 g/mol. The molecule has 0 amide bonds. The van der Waals surface area contributed by atoms with Gasteiger partial charge in [0.1, 0.15) is 5.75 Å². The van der Waals surface area contributed by atoms with E-state index in [-0.39, 0.29) is 0 Å². The van der Waals surface area contributed by atoms with Crippen LogP contribution < -0.4 is 15.4 Å². The van der Waals surface area contributed by atoms with E-state index in [4.69, 9.17) is 10.5 Å². The maximum atomic E-state index is 5.70. The highest BCUT2D eigenvalue weighted by atomic mass is 16.5. The number of rotatable bonds is 4. The second-order valence-corrected chi connectivity index (χ2v) is 4.75. The number of methoxy groups -OCH3 is 1. The molecule has 100 valence electrons. The molecule has 0 fully saturated rings. The summed E-state index contributed by atoms with van der Waals surface area (Å²) >= 11 is 0. The van der Waals surface area contributed by atoms with Gasteiger partial charge < -0.3 is 15.4 Å². The summed E-state index contributed by atoms with van der Waals surface area (Å²) in [4.78, 5) is 2.20. The number of nitrogen functional groups attached to an aromatic ring is 1. The summed E-state index contributed by atoms with van der Waals surface area (Å²) in [5.41, 5.74) is 10.1. The van der Waals surface area contributed by atoms with E-state index >= 15 is 0 Å². The average Bonchev–Trinajstić information content (AvgIpc) is 2.39. The molecule has 0 aliphatic rings. The number of benzene rings is 2. The van der Waals surface area contributed by atoms with Gasteiger partial charge in [0.15, 0.2) is 0 Å². The molecule has 0 radical (unpaired) electrons. The van der Waals surface area contributed by atoms with Crippen molar-refractivity contribution in [3.63, 3.8) is 0 Å². The third-order valence-electron chi connectivity index (χ3n) is 3.21. The van der Waals surface area contributed by atoms with Gasteiger partial charge in [-0.25, -0.2) is 0 Å². The lowest BCUT2D eigenvalue weighted by Crippen LogP contribution is -2.16. The monoisotopic (exact) mass is 256 g/mol. The molecule has 3 nitrogen and oxygen atoms in total. The van der Waals surface area contributed by atoms with Crippen molar-refractivity contribution in [2.75, 3.05) is 24.8 Å². The van der Waals surface area contributed by atoms with Gasteiger partial charge in [0.2, 0.25) is 0 Å². The minimum absolute atomic E-state index is 0.789. The normalized spacial score (nSPS) is 10.3. The molecule has 0 aromatic heterocycles. The van der Waals surface area contributed by atoms with Crippen molar-refractivity contribution in [2.45, 2.75) is 13.5 Å². The van der Waals surface area contributed by atoms with E-state index in [1.165, 1.54) is 5.56 Å². The highest BCUT2D eigenvalue weighted by Crippen LogP contribution is 2.21. The molecule has 0 bridgehead atoms. The van der Waals surface area contributed by atoms with Crippen molar-refractivity contribution < 1.29 is 4.74 Å². The molecule has 19 heavy (non-hydrogen) atoms. The van der Waals surface area contributed by atoms with E-state index in [0.717, 1.165) is 29.2 Å². The van der Waals surface area contributed by atoms with Crippen molar-refractivity contribution in [1.29, 1.82) is 0 Å². The lowest BCUT2D eigenvalue weighted by atomic mass is 10.1. The second kappa shape index (κ2) is 5.65. The number of hydrogen-bond acceptors (Lipinski definition) is 3. The van der Waals surface area contributed by atoms with E-state index < -0.39 is 0 Å². The first-order valence-electron chi connectivity index (χ1n) is 6.30. The molecule has 0 heterocycles. The van der Waals surface area contributed by atoms with Gasteiger partial charge in [-0.2, -0.15) is 0 Å². The van der Waals surface area contributed by atoms with Gasteiger partial charge in [-0.05, 0) is 48.4 Å².